The highest BCUT2D eigenvalue weighted by Crippen LogP contribution is 2.42. The molecule has 1 aromatic carbocycles. The molecule has 0 radical (unpaired) electrons. The van der Waals surface area contributed by atoms with E-state index in [1.807, 2.05) is 30.3 Å². The van der Waals surface area contributed by atoms with E-state index in [1.54, 1.807) is 12.2 Å². The summed E-state index contributed by atoms with van der Waals surface area (Å²) in [5.41, 5.74) is 0.356. The van der Waals surface area contributed by atoms with Crippen LogP contribution in [0.4, 0.5) is 0 Å². The van der Waals surface area contributed by atoms with Gasteiger partial charge >= 0.3 is 0 Å². The van der Waals surface area contributed by atoms with Gasteiger partial charge in [-0.05, 0) is 11.1 Å². The average molecular weight is 287 g/mol. The predicted octanol–water partition coefficient (Wildman–Crippen LogP) is 0.937. The van der Waals surface area contributed by atoms with Crippen LogP contribution in [0.2, 0.25) is 0 Å². The number of aliphatic hydroxyl groups excluding tert-OH is 2. The largest absolute Gasteiger partial charge is 0.387 e. The van der Waals surface area contributed by atoms with Gasteiger partial charge in [0.2, 0.25) is 5.91 Å². The molecule has 0 bridgehead atoms. The van der Waals surface area contributed by atoms with E-state index in [-0.39, 0.29) is 18.9 Å². The molecule has 21 heavy (non-hydrogen) atoms. The van der Waals surface area contributed by atoms with Crippen LogP contribution >= 0.6 is 0 Å². The molecular formula is C16H17NO4. The number of aliphatic hydroxyl groups is 2. The lowest BCUT2D eigenvalue weighted by atomic mass is 9.73. The van der Waals surface area contributed by atoms with Gasteiger partial charge in [-0.2, -0.15) is 0 Å². The van der Waals surface area contributed by atoms with Gasteiger partial charge in [-0.15, -0.1) is 0 Å². The third-order valence-corrected chi connectivity index (χ3v) is 4.02. The number of carbonyl (C=O) groups excluding carboxylic acids is 1. The SMILES string of the molecule is C=C1C=C[C@]2(CC(=O)N2OCc2ccccc2)[C@H](O)[C@@H]1O. The van der Waals surface area contributed by atoms with Gasteiger partial charge in [0.05, 0.1) is 6.42 Å². The quantitative estimate of drug-likeness (QED) is 0.812. The lowest BCUT2D eigenvalue weighted by Crippen LogP contribution is -2.71. The molecule has 1 aromatic rings. The Balaban J connectivity index is 1.77. The van der Waals surface area contributed by atoms with Crippen molar-refractivity contribution >= 4 is 5.91 Å². The van der Waals surface area contributed by atoms with Crippen molar-refractivity contribution in [3.05, 3.63) is 60.2 Å². The normalized spacial score (nSPS) is 31.6. The van der Waals surface area contributed by atoms with Crippen molar-refractivity contribution in [3.63, 3.8) is 0 Å². The maximum absolute atomic E-state index is 11.8. The molecule has 5 heteroatoms. The molecule has 5 nitrogen and oxygen atoms in total. The molecule has 2 aliphatic rings. The summed E-state index contributed by atoms with van der Waals surface area (Å²) in [6.45, 7) is 3.89. The Hall–Kier alpha value is -1.95. The first-order valence-corrected chi connectivity index (χ1v) is 6.79. The van der Waals surface area contributed by atoms with Crippen LogP contribution in [-0.4, -0.2) is 38.9 Å². The monoisotopic (exact) mass is 287 g/mol. The van der Waals surface area contributed by atoms with Gasteiger partial charge in [-0.3, -0.25) is 9.63 Å². The third-order valence-electron chi connectivity index (χ3n) is 4.02. The Bertz CT molecular complexity index is 598. The summed E-state index contributed by atoms with van der Waals surface area (Å²) in [4.78, 5) is 17.4. The molecule has 0 unspecified atom stereocenters. The van der Waals surface area contributed by atoms with E-state index in [0.29, 0.717) is 5.57 Å². The van der Waals surface area contributed by atoms with Crippen molar-refractivity contribution in [3.8, 4) is 0 Å². The Morgan fingerprint density at radius 3 is 2.71 bits per heavy atom. The summed E-state index contributed by atoms with van der Waals surface area (Å²) in [6, 6.07) is 9.45. The van der Waals surface area contributed by atoms with Crippen LogP contribution in [0.3, 0.4) is 0 Å². The smallest absolute Gasteiger partial charge is 0.249 e. The van der Waals surface area contributed by atoms with Crippen LogP contribution in [0.1, 0.15) is 12.0 Å². The molecule has 3 atom stereocenters. The maximum atomic E-state index is 11.8. The minimum atomic E-state index is -1.14. The third kappa shape index (κ3) is 2.19. The molecule has 0 saturated carbocycles. The van der Waals surface area contributed by atoms with E-state index in [0.717, 1.165) is 10.6 Å². The summed E-state index contributed by atoms with van der Waals surface area (Å²) < 4.78 is 0. The van der Waals surface area contributed by atoms with E-state index >= 15 is 0 Å². The van der Waals surface area contributed by atoms with Gasteiger partial charge in [0.1, 0.15) is 24.4 Å². The van der Waals surface area contributed by atoms with Gasteiger partial charge in [0.15, 0.2) is 0 Å². The van der Waals surface area contributed by atoms with Crippen LogP contribution in [0.25, 0.3) is 0 Å². The maximum Gasteiger partial charge on any atom is 0.249 e. The summed E-state index contributed by atoms with van der Waals surface area (Å²) in [5, 5.41) is 21.4. The molecule has 3 rings (SSSR count). The zero-order chi connectivity index (χ0) is 15.0. The number of hydrogen-bond donors (Lipinski definition) is 2. The highest BCUT2D eigenvalue weighted by Gasteiger charge is 2.59. The van der Waals surface area contributed by atoms with Crippen molar-refractivity contribution in [1.82, 2.24) is 5.06 Å². The number of nitrogens with zero attached hydrogens (tertiary/aromatic N) is 1. The second-order valence-corrected chi connectivity index (χ2v) is 5.41. The molecule has 1 heterocycles. The fourth-order valence-electron chi connectivity index (χ4n) is 2.71. The van der Waals surface area contributed by atoms with Crippen molar-refractivity contribution < 1.29 is 19.8 Å². The number of rotatable bonds is 3. The average Bonchev–Trinajstić information content (AvgIpc) is 2.49. The number of benzene rings is 1. The standard InChI is InChI=1S/C16H17NO4/c1-11-7-8-16(15(20)14(11)19)9-13(18)17(16)21-10-12-5-3-2-4-6-12/h2-8,14-15,19-20H,1,9-10H2/t14-,15-,16+/m1/s1. The lowest BCUT2D eigenvalue weighted by molar-refractivity contribution is -0.274. The minimum Gasteiger partial charge on any atom is -0.387 e. The van der Waals surface area contributed by atoms with E-state index in [4.69, 9.17) is 4.84 Å². The number of carbonyl (C=O) groups is 1. The van der Waals surface area contributed by atoms with Gasteiger partial charge in [0, 0.05) is 0 Å². The molecular weight excluding hydrogens is 270 g/mol. The zero-order valence-electron chi connectivity index (χ0n) is 11.5. The van der Waals surface area contributed by atoms with Gasteiger partial charge < -0.3 is 10.2 Å². The predicted molar refractivity (Wildman–Crippen MR) is 75.7 cm³/mol. The Morgan fingerprint density at radius 1 is 1.33 bits per heavy atom. The van der Waals surface area contributed by atoms with E-state index < -0.39 is 17.7 Å². The van der Waals surface area contributed by atoms with Gasteiger partial charge in [-0.25, -0.2) is 5.06 Å². The van der Waals surface area contributed by atoms with Crippen molar-refractivity contribution in [2.24, 2.45) is 0 Å². The fraction of sp³-hybridized carbons (Fsp3) is 0.312. The van der Waals surface area contributed by atoms with Gasteiger partial charge in [-0.1, -0.05) is 49.1 Å². The molecule has 110 valence electrons. The van der Waals surface area contributed by atoms with Crippen molar-refractivity contribution in [2.45, 2.75) is 30.8 Å². The molecule has 1 fully saturated rings. The van der Waals surface area contributed by atoms with Crippen LogP contribution in [0.5, 0.6) is 0 Å². The number of hydrogen-bond acceptors (Lipinski definition) is 4. The van der Waals surface area contributed by atoms with Crippen LogP contribution in [-0.2, 0) is 16.2 Å². The first kappa shape index (κ1) is 14.0. The zero-order valence-corrected chi connectivity index (χ0v) is 11.5. The first-order chi connectivity index (χ1) is 10.0. The van der Waals surface area contributed by atoms with Crippen LogP contribution in [0.15, 0.2) is 54.6 Å². The summed E-state index contributed by atoms with van der Waals surface area (Å²) >= 11 is 0. The summed E-state index contributed by atoms with van der Waals surface area (Å²) in [6.07, 6.45) is 1.19. The van der Waals surface area contributed by atoms with Gasteiger partial charge in [0.25, 0.3) is 0 Å². The molecule has 1 aliphatic carbocycles. The Morgan fingerprint density at radius 2 is 2.05 bits per heavy atom. The second kappa shape index (κ2) is 5.11. The number of amides is 1. The molecule has 1 aliphatic heterocycles. The highest BCUT2D eigenvalue weighted by molar-refractivity contribution is 5.85. The topological polar surface area (TPSA) is 70.0 Å². The second-order valence-electron chi connectivity index (χ2n) is 5.41. The first-order valence-electron chi connectivity index (χ1n) is 6.79. The summed E-state index contributed by atoms with van der Waals surface area (Å²) in [5.74, 6) is -0.214. The van der Waals surface area contributed by atoms with Crippen LogP contribution < -0.4 is 0 Å². The molecule has 1 amide bonds. The number of hydroxylamine groups is 2. The fourth-order valence-corrected chi connectivity index (χ4v) is 2.71. The molecule has 2 N–H and O–H groups in total. The van der Waals surface area contributed by atoms with Crippen molar-refractivity contribution in [1.29, 1.82) is 0 Å². The minimum absolute atomic E-state index is 0.115. The lowest BCUT2D eigenvalue weighted by Gasteiger charge is -2.53. The van der Waals surface area contributed by atoms with E-state index in [2.05, 4.69) is 6.58 Å². The highest BCUT2D eigenvalue weighted by atomic mass is 16.7. The molecule has 1 saturated heterocycles. The number of β-lactam (4-membered cyclic amide) rings is 1. The molecule has 1 spiro atoms. The van der Waals surface area contributed by atoms with E-state index in [1.165, 1.54) is 0 Å². The van der Waals surface area contributed by atoms with E-state index in [9.17, 15) is 15.0 Å². The Labute approximate surface area is 122 Å². The summed E-state index contributed by atoms with van der Waals surface area (Å²) in [7, 11) is 0. The van der Waals surface area contributed by atoms with Crippen molar-refractivity contribution in [2.75, 3.05) is 0 Å². The molecule has 0 aromatic heterocycles. The Kier molecular flexibility index (Phi) is 3.41. The van der Waals surface area contributed by atoms with Crippen LogP contribution in [0, 0.1) is 0 Å².